The molecule has 2 fully saturated rings. The highest BCUT2D eigenvalue weighted by atomic mass is 16.6. The molecule has 2 aliphatic carbocycles. The number of hydrogen-bond acceptors (Lipinski definition) is 5. The standard InChI is InChI=1S/C27H30N2O6/c1-29(27(25(31)32)13-6-7-14-27)24(30)23-22(12-15-34-23)28-26(33)35-16-21-19-10-4-2-8-17(19)18-9-3-5-11-20(18)21/h2-5,8-11,21-23H,6-7,12-16H2,1H3,(H,28,33)(H,31,32)/t22-,23+/m1/s1. The van der Waals surface area contributed by atoms with E-state index in [0.717, 1.165) is 35.1 Å². The number of carboxylic acid groups (broad SMARTS) is 1. The molecule has 0 spiro atoms. The van der Waals surface area contributed by atoms with E-state index in [1.165, 1.54) is 11.9 Å². The van der Waals surface area contributed by atoms with Crippen LogP contribution in [0.5, 0.6) is 0 Å². The number of nitrogens with one attached hydrogen (secondary N) is 1. The lowest BCUT2D eigenvalue weighted by Gasteiger charge is -2.37. The minimum atomic E-state index is -1.21. The van der Waals surface area contributed by atoms with Crippen LogP contribution in [0.3, 0.4) is 0 Å². The first-order valence-corrected chi connectivity index (χ1v) is 12.2. The number of carboxylic acids is 1. The highest BCUT2D eigenvalue weighted by Gasteiger charge is 2.50. The number of nitrogens with zero attached hydrogens (tertiary/aromatic N) is 1. The Labute approximate surface area is 204 Å². The third-order valence-corrected chi connectivity index (χ3v) is 7.78. The second kappa shape index (κ2) is 9.34. The summed E-state index contributed by atoms with van der Waals surface area (Å²) in [6.45, 7) is 0.479. The van der Waals surface area contributed by atoms with Crippen molar-refractivity contribution >= 4 is 18.0 Å². The Hall–Kier alpha value is -3.39. The van der Waals surface area contributed by atoms with Crippen molar-refractivity contribution in [2.45, 2.75) is 55.7 Å². The summed E-state index contributed by atoms with van der Waals surface area (Å²) in [5.41, 5.74) is 3.33. The Bertz CT molecular complexity index is 1100. The largest absolute Gasteiger partial charge is 0.479 e. The van der Waals surface area contributed by atoms with Gasteiger partial charge in [-0.25, -0.2) is 9.59 Å². The fourth-order valence-electron chi connectivity index (χ4n) is 5.83. The smallest absolute Gasteiger partial charge is 0.407 e. The molecule has 2 amide bonds. The molecule has 3 aliphatic rings. The molecule has 1 aliphatic heterocycles. The highest BCUT2D eigenvalue weighted by Crippen LogP contribution is 2.44. The predicted octanol–water partition coefficient (Wildman–Crippen LogP) is 3.54. The Morgan fingerprint density at radius 2 is 1.66 bits per heavy atom. The van der Waals surface area contributed by atoms with Crippen LogP contribution in [-0.4, -0.2) is 65.9 Å². The number of alkyl carbamates (subject to hydrolysis) is 1. The van der Waals surface area contributed by atoms with Gasteiger partial charge in [0.25, 0.3) is 5.91 Å². The van der Waals surface area contributed by atoms with Gasteiger partial charge in [0.2, 0.25) is 0 Å². The van der Waals surface area contributed by atoms with Gasteiger partial charge in [-0.3, -0.25) is 4.79 Å². The number of carbonyl (C=O) groups excluding carboxylic acids is 2. The molecule has 8 nitrogen and oxygen atoms in total. The van der Waals surface area contributed by atoms with Gasteiger partial charge in [-0.2, -0.15) is 0 Å². The maximum atomic E-state index is 13.2. The zero-order chi connectivity index (χ0) is 24.6. The number of aliphatic carboxylic acids is 1. The third kappa shape index (κ3) is 4.05. The quantitative estimate of drug-likeness (QED) is 0.658. The summed E-state index contributed by atoms with van der Waals surface area (Å²) in [5.74, 6) is -1.48. The van der Waals surface area contributed by atoms with Crippen molar-refractivity contribution in [2.75, 3.05) is 20.3 Å². The topological polar surface area (TPSA) is 105 Å². The summed E-state index contributed by atoms with van der Waals surface area (Å²) in [5, 5.41) is 12.6. The molecule has 184 valence electrons. The summed E-state index contributed by atoms with van der Waals surface area (Å²) in [6.07, 6.45) is 1.26. The lowest BCUT2D eigenvalue weighted by Crippen LogP contribution is -2.58. The Morgan fingerprint density at radius 1 is 1.06 bits per heavy atom. The van der Waals surface area contributed by atoms with E-state index in [0.29, 0.717) is 25.9 Å². The summed E-state index contributed by atoms with van der Waals surface area (Å²) < 4.78 is 11.3. The van der Waals surface area contributed by atoms with E-state index in [4.69, 9.17) is 9.47 Å². The Kier molecular flexibility index (Phi) is 6.23. The Balaban J connectivity index is 1.23. The summed E-state index contributed by atoms with van der Waals surface area (Å²) >= 11 is 0. The van der Waals surface area contributed by atoms with Crippen molar-refractivity contribution < 1.29 is 29.0 Å². The minimum Gasteiger partial charge on any atom is -0.479 e. The molecule has 5 rings (SSSR count). The molecule has 2 atom stereocenters. The molecule has 0 radical (unpaired) electrons. The van der Waals surface area contributed by atoms with Crippen LogP contribution in [-0.2, 0) is 19.1 Å². The van der Waals surface area contributed by atoms with Gasteiger partial charge in [-0.05, 0) is 41.5 Å². The average Bonchev–Trinajstić information content (AvgIpc) is 3.60. The van der Waals surface area contributed by atoms with E-state index in [1.807, 2.05) is 24.3 Å². The number of rotatable bonds is 6. The van der Waals surface area contributed by atoms with Crippen molar-refractivity contribution in [3.63, 3.8) is 0 Å². The van der Waals surface area contributed by atoms with E-state index < -0.39 is 35.7 Å². The Morgan fingerprint density at radius 3 is 2.26 bits per heavy atom. The van der Waals surface area contributed by atoms with Crippen LogP contribution in [0, 0.1) is 0 Å². The average molecular weight is 479 g/mol. The van der Waals surface area contributed by atoms with E-state index in [9.17, 15) is 19.5 Å². The normalized spacial score (nSPS) is 22.3. The maximum absolute atomic E-state index is 13.2. The second-order valence-corrected chi connectivity index (χ2v) is 9.60. The van der Waals surface area contributed by atoms with Crippen molar-refractivity contribution in [3.8, 4) is 11.1 Å². The fraction of sp³-hybridized carbons (Fsp3) is 0.444. The molecular formula is C27H30N2O6. The fourth-order valence-corrected chi connectivity index (χ4v) is 5.83. The van der Waals surface area contributed by atoms with Gasteiger partial charge in [0.1, 0.15) is 12.1 Å². The van der Waals surface area contributed by atoms with E-state index in [1.54, 1.807) is 0 Å². The first kappa shape index (κ1) is 23.4. The second-order valence-electron chi connectivity index (χ2n) is 9.60. The lowest BCUT2D eigenvalue weighted by atomic mass is 9.94. The number of likely N-dealkylation sites (N-methyl/N-ethyl adjacent to an activating group) is 1. The van der Waals surface area contributed by atoms with Gasteiger partial charge in [-0.15, -0.1) is 0 Å². The molecule has 2 aromatic rings. The van der Waals surface area contributed by atoms with Crippen molar-refractivity contribution in [2.24, 2.45) is 0 Å². The van der Waals surface area contributed by atoms with Gasteiger partial charge in [0, 0.05) is 19.6 Å². The number of amides is 2. The molecular weight excluding hydrogens is 448 g/mol. The molecule has 2 N–H and O–H groups in total. The zero-order valence-corrected chi connectivity index (χ0v) is 19.7. The first-order chi connectivity index (χ1) is 16.9. The number of hydrogen-bond donors (Lipinski definition) is 2. The molecule has 0 unspecified atom stereocenters. The first-order valence-electron chi connectivity index (χ1n) is 12.2. The minimum absolute atomic E-state index is 0.0608. The van der Waals surface area contributed by atoms with Gasteiger partial charge in [0.05, 0.1) is 6.04 Å². The molecule has 1 saturated carbocycles. The zero-order valence-electron chi connectivity index (χ0n) is 19.7. The monoisotopic (exact) mass is 478 g/mol. The predicted molar refractivity (Wildman–Crippen MR) is 128 cm³/mol. The van der Waals surface area contributed by atoms with E-state index >= 15 is 0 Å². The van der Waals surface area contributed by atoms with Crippen molar-refractivity contribution in [3.05, 3.63) is 59.7 Å². The molecule has 8 heteroatoms. The van der Waals surface area contributed by atoms with Crippen LogP contribution < -0.4 is 5.32 Å². The number of benzene rings is 2. The third-order valence-electron chi connectivity index (χ3n) is 7.78. The van der Waals surface area contributed by atoms with Crippen LogP contribution in [0.1, 0.15) is 49.1 Å². The van der Waals surface area contributed by atoms with Crippen LogP contribution in [0.25, 0.3) is 11.1 Å². The van der Waals surface area contributed by atoms with Crippen LogP contribution in [0.2, 0.25) is 0 Å². The van der Waals surface area contributed by atoms with Crippen molar-refractivity contribution in [1.82, 2.24) is 10.2 Å². The van der Waals surface area contributed by atoms with Gasteiger partial charge < -0.3 is 24.8 Å². The molecule has 0 bridgehead atoms. The van der Waals surface area contributed by atoms with Crippen molar-refractivity contribution in [1.29, 1.82) is 0 Å². The number of carbonyl (C=O) groups is 3. The van der Waals surface area contributed by atoms with Gasteiger partial charge in [0.15, 0.2) is 6.10 Å². The van der Waals surface area contributed by atoms with Crippen LogP contribution >= 0.6 is 0 Å². The lowest BCUT2D eigenvalue weighted by molar-refractivity contribution is -0.161. The molecule has 2 aromatic carbocycles. The van der Waals surface area contributed by atoms with Crippen LogP contribution in [0.4, 0.5) is 4.79 Å². The van der Waals surface area contributed by atoms with E-state index in [2.05, 4.69) is 29.6 Å². The maximum Gasteiger partial charge on any atom is 0.407 e. The van der Waals surface area contributed by atoms with Gasteiger partial charge >= 0.3 is 12.1 Å². The molecule has 35 heavy (non-hydrogen) atoms. The molecule has 1 saturated heterocycles. The SMILES string of the molecule is CN(C(=O)[C@H]1OCC[C@H]1NC(=O)OCC1c2ccccc2-c2ccccc21)C1(C(=O)O)CCCC1. The number of ether oxygens (including phenoxy) is 2. The summed E-state index contributed by atoms with van der Waals surface area (Å²) in [7, 11) is 1.52. The summed E-state index contributed by atoms with van der Waals surface area (Å²) in [4.78, 5) is 39.3. The summed E-state index contributed by atoms with van der Waals surface area (Å²) in [6, 6.07) is 15.6. The van der Waals surface area contributed by atoms with E-state index in [-0.39, 0.29) is 12.5 Å². The highest BCUT2D eigenvalue weighted by molar-refractivity contribution is 5.90. The van der Waals surface area contributed by atoms with Crippen LogP contribution in [0.15, 0.2) is 48.5 Å². The molecule has 0 aromatic heterocycles. The van der Waals surface area contributed by atoms with Gasteiger partial charge in [-0.1, -0.05) is 61.4 Å². The molecule has 1 heterocycles. The number of fused-ring (bicyclic) bond motifs is 3.